The molecule has 0 aliphatic heterocycles. The molecule has 1 unspecified atom stereocenters. The van der Waals surface area contributed by atoms with Gasteiger partial charge in [-0.2, -0.15) is 0 Å². The molecular weight excluding hydrogens is 211 g/mol. The van der Waals surface area contributed by atoms with Crippen LogP contribution >= 0.6 is 0 Å². The van der Waals surface area contributed by atoms with Crippen LogP contribution in [0.15, 0.2) is 0 Å². The van der Waals surface area contributed by atoms with E-state index in [2.05, 4.69) is 10.1 Å². The van der Waals surface area contributed by atoms with Crippen LogP contribution in [-0.2, 0) is 4.74 Å². The molecule has 2 N–H and O–H groups in total. The van der Waals surface area contributed by atoms with Crippen molar-refractivity contribution in [3.8, 4) is 0 Å². The van der Waals surface area contributed by atoms with E-state index in [4.69, 9.17) is 0 Å². The predicted octanol–water partition coefficient (Wildman–Crippen LogP) is 1.66. The summed E-state index contributed by atoms with van der Waals surface area (Å²) in [6, 6.07) is 0. The van der Waals surface area contributed by atoms with Crippen molar-refractivity contribution in [1.82, 2.24) is 5.32 Å². The van der Waals surface area contributed by atoms with E-state index >= 15 is 0 Å². The fourth-order valence-corrected chi connectivity index (χ4v) is 1.22. The molecular formula is C9H18F3NO2. The van der Waals surface area contributed by atoms with Crippen LogP contribution in [0.2, 0.25) is 0 Å². The summed E-state index contributed by atoms with van der Waals surface area (Å²) >= 11 is 0. The van der Waals surface area contributed by atoms with Crippen LogP contribution in [0.25, 0.3) is 0 Å². The first-order valence-electron chi connectivity index (χ1n) is 4.90. The summed E-state index contributed by atoms with van der Waals surface area (Å²) in [4.78, 5) is 0. The lowest BCUT2D eigenvalue weighted by atomic mass is 10.0. The Morgan fingerprint density at radius 3 is 2.40 bits per heavy atom. The van der Waals surface area contributed by atoms with Crippen LogP contribution in [-0.4, -0.2) is 36.8 Å². The van der Waals surface area contributed by atoms with E-state index < -0.39 is 18.6 Å². The minimum Gasteiger partial charge on any atom is -0.389 e. The summed E-state index contributed by atoms with van der Waals surface area (Å²) in [5.41, 5.74) is -0.868. The smallest absolute Gasteiger partial charge is 0.389 e. The number of hydrogen-bond donors (Lipinski definition) is 2. The molecule has 0 aromatic heterocycles. The highest BCUT2D eigenvalue weighted by molar-refractivity contribution is 4.74. The number of aliphatic hydroxyl groups is 1. The molecule has 0 spiro atoms. The Balaban J connectivity index is 3.46. The first kappa shape index (κ1) is 14.7. The van der Waals surface area contributed by atoms with E-state index in [1.54, 1.807) is 6.92 Å². The first-order valence-corrected chi connectivity index (χ1v) is 4.90. The van der Waals surface area contributed by atoms with Crippen molar-refractivity contribution in [2.24, 2.45) is 0 Å². The molecule has 1 atom stereocenters. The molecule has 6 heteroatoms. The molecule has 15 heavy (non-hydrogen) atoms. The third kappa shape index (κ3) is 9.96. The van der Waals surface area contributed by atoms with Crippen molar-refractivity contribution in [2.45, 2.75) is 38.7 Å². The van der Waals surface area contributed by atoms with E-state index in [9.17, 15) is 18.3 Å². The molecule has 0 radical (unpaired) electrons. The maximum absolute atomic E-state index is 11.5. The number of ether oxygens (including phenoxy) is 1. The van der Waals surface area contributed by atoms with Crippen molar-refractivity contribution < 1.29 is 23.0 Å². The molecule has 0 saturated heterocycles. The highest BCUT2D eigenvalue weighted by Crippen LogP contribution is 2.15. The highest BCUT2D eigenvalue weighted by Gasteiger charge is 2.28. The number of alkyl halides is 3. The van der Waals surface area contributed by atoms with E-state index in [1.807, 2.05) is 6.92 Å². The maximum atomic E-state index is 11.5. The van der Waals surface area contributed by atoms with Gasteiger partial charge >= 0.3 is 6.36 Å². The molecule has 0 bridgehead atoms. The quantitative estimate of drug-likeness (QED) is 0.652. The second-order valence-electron chi connectivity index (χ2n) is 3.72. The lowest BCUT2D eigenvalue weighted by molar-refractivity contribution is -0.323. The minimum absolute atomic E-state index is 0.0688. The summed E-state index contributed by atoms with van der Waals surface area (Å²) in [5.74, 6) is 0. The Bertz CT molecular complexity index is 171. The molecule has 92 valence electrons. The number of hydrogen-bond acceptors (Lipinski definition) is 3. The van der Waals surface area contributed by atoms with Gasteiger partial charge in [0, 0.05) is 13.1 Å². The zero-order valence-corrected chi connectivity index (χ0v) is 9.02. The number of halogens is 3. The Hall–Kier alpha value is -0.330. The summed E-state index contributed by atoms with van der Waals surface area (Å²) < 4.78 is 38.2. The van der Waals surface area contributed by atoms with E-state index in [-0.39, 0.29) is 13.1 Å². The summed E-state index contributed by atoms with van der Waals surface area (Å²) in [7, 11) is 0. The van der Waals surface area contributed by atoms with Crippen LogP contribution in [0.5, 0.6) is 0 Å². The number of rotatable bonds is 7. The molecule has 0 aromatic rings. The lowest BCUT2D eigenvalue weighted by Crippen LogP contribution is -2.39. The second kappa shape index (κ2) is 6.30. The SMILES string of the molecule is CCCC(C)(O)CNCCOC(F)(F)F. The summed E-state index contributed by atoms with van der Waals surface area (Å²) in [6.45, 7) is 3.47. The molecule has 0 aliphatic carbocycles. The van der Waals surface area contributed by atoms with E-state index in [1.165, 1.54) is 0 Å². The Morgan fingerprint density at radius 1 is 1.33 bits per heavy atom. The van der Waals surface area contributed by atoms with Gasteiger partial charge in [-0.3, -0.25) is 4.74 Å². The van der Waals surface area contributed by atoms with Gasteiger partial charge in [-0.15, -0.1) is 13.2 Å². The van der Waals surface area contributed by atoms with E-state index in [0.717, 1.165) is 6.42 Å². The lowest BCUT2D eigenvalue weighted by Gasteiger charge is -2.23. The zero-order chi connectivity index (χ0) is 11.9. The average Bonchev–Trinajstić information content (AvgIpc) is 2.00. The van der Waals surface area contributed by atoms with Crippen LogP contribution in [0.3, 0.4) is 0 Å². The van der Waals surface area contributed by atoms with Crippen LogP contribution in [0.4, 0.5) is 13.2 Å². The fourth-order valence-electron chi connectivity index (χ4n) is 1.22. The van der Waals surface area contributed by atoms with Crippen LogP contribution in [0, 0.1) is 0 Å². The topological polar surface area (TPSA) is 41.5 Å². The molecule has 0 amide bonds. The Morgan fingerprint density at radius 2 is 1.93 bits per heavy atom. The summed E-state index contributed by atoms with van der Waals surface area (Å²) in [5, 5.41) is 12.4. The van der Waals surface area contributed by atoms with Crippen LogP contribution in [0.1, 0.15) is 26.7 Å². The molecule has 3 nitrogen and oxygen atoms in total. The van der Waals surface area contributed by atoms with Crippen molar-refractivity contribution >= 4 is 0 Å². The van der Waals surface area contributed by atoms with Gasteiger partial charge in [-0.25, -0.2) is 0 Å². The second-order valence-corrected chi connectivity index (χ2v) is 3.72. The van der Waals surface area contributed by atoms with Crippen LogP contribution < -0.4 is 5.32 Å². The van der Waals surface area contributed by atoms with Gasteiger partial charge in [-0.05, 0) is 13.3 Å². The standard InChI is InChI=1S/C9H18F3NO2/c1-3-4-8(2,14)7-13-5-6-15-9(10,11)12/h13-14H,3-7H2,1-2H3. The van der Waals surface area contributed by atoms with Gasteiger partial charge in [0.15, 0.2) is 0 Å². The number of nitrogens with one attached hydrogen (secondary N) is 1. The Labute approximate surface area is 87.6 Å². The average molecular weight is 229 g/mol. The fraction of sp³-hybridized carbons (Fsp3) is 1.00. The third-order valence-corrected chi connectivity index (χ3v) is 1.84. The Kier molecular flexibility index (Phi) is 6.16. The van der Waals surface area contributed by atoms with Gasteiger partial charge in [-0.1, -0.05) is 13.3 Å². The molecule has 0 aromatic carbocycles. The van der Waals surface area contributed by atoms with Crippen molar-refractivity contribution in [3.63, 3.8) is 0 Å². The minimum atomic E-state index is -4.58. The zero-order valence-electron chi connectivity index (χ0n) is 9.02. The largest absolute Gasteiger partial charge is 0.522 e. The molecule has 0 heterocycles. The first-order chi connectivity index (χ1) is 6.77. The monoisotopic (exact) mass is 229 g/mol. The predicted molar refractivity (Wildman–Crippen MR) is 50.4 cm³/mol. The summed E-state index contributed by atoms with van der Waals surface area (Å²) in [6.07, 6.45) is -3.14. The molecule has 0 fully saturated rings. The van der Waals surface area contributed by atoms with Gasteiger partial charge in [0.05, 0.1) is 12.2 Å². The molecule has 0 aliphatic rings. The van der Waals surface area contributed by atoms with Gasteiger partial charge in [0.25, 0.3) is 0 Å². The van der Waals surface area contributed by atoms with Crippen molar-refractivity contribution in [3.05, 3.63) is 0 Å². The van der Waals surface area contributed by atoms with Gasteiger partial charge < -0.3 is 10.4 Å². The normalized spacial score (nSPS) is 16.4. The third-order valence-electron chi connectivity index (χ3n) is 1.84. The van der Waals surface area contributed by atoms with Crippen molar-refractivity contribution in [1.29, 1.82) is 0 Å². The molecule has 0 saturated carbocycles. The van der Waals surface area contributed by atoms with Crippen molar-refractivity contribution in [2.75, 3.05) is 19.7 Å². The molecule has 0 rings (SSSR count). The van der Waals surface area contributed by atoms with E-state index in [0.29, 0.717) is 6.42 Å². The van der Waals surface area contributed by atoms with Gasteiger partial charge in [0.2, 0.25) is 0 Å². The highest BCUT2D eigenvalue weighted by atomic mass is 19.4. The maximum Gasteiger partial charge on any atom is 0.522 e. The van der Waals surface area contributed by atoms with Gasteiger partial charge in [0.1, 0.15) is 0 Å².